The van der Waals surface area contributed by atoms with E-state index >= 15 is 0 Å². The fourth-order valence-electron chi connectivity index (χ4n) is 2.35. The molecule has 2 rings (SSSR count). The summed E-state index contributed by atoms with van der Waals surface area (Å²) in [6, 6.07) is 12.4. The maximum atomic E-state index is 11.2. The summed E-state index contributed by atoms with van der Waals surface area (Å²) in [5.74, 6) is 0.938. The molecule has 0 aliphatic rings. The molecule has 2 N–H and O–H groups in total. The lowest BCUT2D eigenvalue weighted by atomic mass is 10.0. The van der Waals surface area contributed by atoms with Gasteiger partial charge in [0.15, 0.2) is 0 Å². The predicted molar refractivity (Wildman–Crippen MR) is 85.5 cm³/mol. The molecule has 4 heteroatoms. The average Bonchev–Trinajstić information content (AvgIpc) is 2.53. The first-order valence-electron chi connectivity index (χ1n) is 7.25. The smallest absolute Gasteiger partial charge is 0.219 e. The van der Waals surface area contributed by atoms with Crippen LogP contribution in [0.4, 0.5) is 0 Å². The minimum absolute atomic E-state index is 0.0487. The van der Waals surface area contributed by atoms with E-state index in [-0.39, 0.29) is 5.91 Å². The molecule has 0 fully saturated rings. The summed E-state index contributed by atoms with van der Waals surface area (Å²) in [5, 5.41) is 8.22. The Labute approximate surface area is 125 Å². The highest BCUT2D eigenvalue weighted by Crippen LogP contribution is 2.28. The van der Waals surface area contributed by atoms with Crippen LogP contribution in [0.2, 0.25) is 0 Å². The van der Waals surface area contributed by atoms with Gasteiger partial charge in [0.25, 0.3) is 0 Å². The highest BCUT2D eigenvalue weighted by atomic mass is 16.5. The Morgan fingerprint density at radius 2 is 1.95 bits per heavy atom. The number of nitrogens with one attached hydrogen (secondary N) is 2. The first-order chi connectivity index (χ1) is 10.3. The minimum Gasteiger partial charge on any atom is -0.493 e. The van der Waals surface area contributed by atoms with Gasteiger partial charge in [-0.1, -0.05) is 30.3 Å². The molecule has 0 spiro atoms. The van der Waals surface area contributed by atoms with Gasteiger partial charge < -0.3 is 15.4 Å². The number of amides is 1. The molecule has 0 aliphatic carbocycles. The highest BCUT2D eigenvalue weighted by molar-refractivity contribution is 5.87. The summed E-state index contributed by atoms with van der Waals surface area (Å²) < 4.78 is 5.87. The van der Waals surface area contributed by atoms with E-state index in [9.17, 15) is 4.79 Å². The average molecular weight is 286 g/mol. The van der Waals surface area contributed by atoms with Crippen LogP contribution in [0.1, 0.15) is 18.4 Å². The van der Waals surface area contributed by atoms with Crippen molar-refractivity contribution in [3.63, 3.8) is 0 Å². The van der Waals surface area contributed by atoms with Gasteiger partial charge in [0.2, 0.25) is 5.91 Å². The van der Waals surface area contributed by atoms with Crippen LogP contribution in [-0.4, -0.2) is 26.6 Å². The second kappa shape index (κ2) is 7.64. The molecule has 0 atom stereocenters. The number of hydrogen-bond acceptors (Lipinski definition) is 3. The quantitative estimate of drug-likeness (QED) is 0.769. The van der Waals surface area contributed by atoms with Gasteiger partial charge in [0, 0.05) is 25.6 Å². The number of carbonyl (C=O) groups excluding carboxylic acids is 1. The van der Waals surface area contributed by atoms with Crippen LogP contribution in [-0.2, 0) is 11.3 Å². The SMILES string of the molecule is CNCc1c(OCCCC(=O)NC)ccc2ccccc12. The van der Waals surface area contributed by atoms with Gasteiger partial charge >= 0.3 is 0 Å². The number of benzene rings is 2. The van der Waals surface area contributed by atoms with E-state index in [0.717, 1.165) is 17.9 Å². The normalized spacial score (nSPS) is 10.6. The van der Waals surface area contributed by atoms with Crippen LogP contribution in [0.3, 0.4) is 0 Å². The van der Waals surface area contributed by atoms with E-state index in [2.05, 4.69) is 28.8 Å². The number of carbonyl (C=O) groups is 1. The standard InChI is InChI=1S/C17H22N2O2/c1-18-12-15-14-7-4-3-6-13(14)9-10-16(15)21-11-5-8-17(20)19-2/h3-4,6-7,9-10,18H,5,8,11-12H2,1-2H3,(H,19,20). The Bertz CT molecular complexity index is 611. The van der Waals surface area contributed by atoms with Gasteiger partial charge in [-0.25, -0.2) is 0 Å². The molecule has 112 valence electrons. The topological polar surface area (TPSA) is 50.4 Å². The molecule has 0 aliphatic heterocycles. The molecular formula is C17H22N2O2. The van der Waals surface area contributed by atoms with Crippen molar-refractivity contribution in [2.24, 2.45) is 0 Å². The van der Waals surface area contributed by atoms with Crippen LogP contribution >= 0.6 is 0 Å². The number of fused-ring (bicyclic) bond motifs is 1. The van der Waals surface area contributed by atoms with E-state index in [4.69, 9.17) is 4.74 Å². The monoisotopic (exact) mass is 286 g/mol. The number of rotatable bonds is 7. The largest absolute Gasteiger partial charge is 0.493 e. The van der Waals surface area contributed by atoms with E-state index < -0.39 is 0 Å². The van der Waals surface area contributed by atoms with E-state index in [0.29, 0.717) is 19.4 Å². The molecular weight excluding hydrogens is 264 g/mol. The molecule has 0 heterocycles. The van der Waals surface area contributed by atoms with Gasteiger partial charge in [0.05, 0.1) is 6.61 Å². The van der Waals surface area contributed by atoms with Gasteiger partial charge in [-0.2, -0.15) is 0 Å². The highest BCUT2D eigenvalue weighted by Gasteiger charge is 2.08. The Kier molecular flexibility index (Phi) is 5.58. The molecule has 0 saturated heterocycles. The Balaban J connectivity index is 2.11. The second-order valence-corrected chi connectivity index (χ2v) is 4.92. The molecule has 0 radical (unpaired) electrons. The Hall–Kier alpha value is -2.07. The molecule has 2 aromatic carbocycles. The van der Waals surface area contributed by atoms with E-state index in [1.54, 1.807) is 7.05 Å². The first-order valence-corrected chi connectivity index (χ1v) is 7.25. The third-order valence-corrected chi connectivity index (χ3v) is 3.44. The lowest BCUT2D eigenvalue weighted by molar-refractivity contribution is -0.120. The molecule has 4 nitrogen and oxygen atoms in total. The second-order valence-electron chi connectivity index (χ2n) is 4.92. The Morgan fingerprint density at radius 3 is 2.71 bits per heavy atom. The number of ether oxygens (including phenoxy) is 1. The van der Waals surface area contributed by atoms with Crippen molar-refractivity contribution >= 4 is 16.7 Å². The molecule has 1 amide bonds. The fraction of sp³-hybridized carbons (Fsp3) is 0.353. The molecule has 2 aromatic rings. The van der Waals surface area contributed by atoms with Crippen molar-refractivity contribution < 1.29 is 9.53 Å². The maximum absolute atomic E-state index is 11.2. The summed E-state index contributed by atoms with van der Waals surface area (Å²) in [4.78, 5) is 11.2. The van der Waals surface area contributed by atoms with Gasteiger partial charge in [-0.15, -0.1) is 0 Å². The van der Waals surface area contributed by atoms with Crippen molar-refractivity contribution in [2.75, 3.05) is 20.7 Å². The fourth-order valence-corrected chi connectivity index (χ4v) is 2.35. The van der Waals surface area contributed by atoms with Gasteiger partial charge in [-0.3, -0.25) is 4.79 Å². The third kappa shape index (κ3) is 3.95. The van der Waals surface area contributed by atoms with Crippen molar-refractivity contribution in [3.05, 3.63) is 42.0 Å². The zero-order chi connectivity index (χ0) is 15.1. The molecule has 0 bridgehead atoms. The molecule has 0 aromatic heterocycles. The lowest BCUT2D eigenvalue weighted by Gasteiger charge is -2.14. The first kappa shape index (κ1) is 15.3. The summed E-state index contributed by atoms with van der Waals surface area (Å²) in [7, 11) is 3.58. The van der Waals surface area contributed by atoms with Crippen LogP contribution in [0.5, 0.6) is 5.75 Å². The maximum Gasteiger partial charge on any atom is 0.219 e. The van der Waals surface area contributed by atoms with E-state index in [1.807, 2.05) is 25.2 Å². The lowest BCUT2D eigenvalue weighted by Crippen LogP contribution is -2.18. The van der Waals surface area contributed by atoms with Crippen molar-refractivity contribution in [3.8, 4) is 5.75 Å². The Morgan fingerprint density at radius 1 is 1.14 bits per heavy atom. The third-order valence-electron chi connectivity index (χ3n) is 3.44. The van der Waals surface area contributed by atoms with Crippen molar-refractivity contribution in [2.45, 2.75) is 19.4 Å². The zero-order valence-corrected chi connectivity index (χ0v) is 12.6. The molecule has 0 saturated carbocycles. The van der Waals surface area contributed by atoms with Gasteiger partial charge in [-0.05, 0) is 30.3 Å². The molecule has 0 unspecified atom stereocenters. The summed E-state index contributed by atoms with van der Waals surface area (Å²) in [5.41, 5.74) is 1.16. The van der Waals surface area contributed by atoms with E-state index in [1.165, 1.54) is 10.8 Å². The van der Waals surface area contributed by atoms with Crippen molar-refractivity contribution in [1.82, 2.24) is 10.6 Å². The van der Waals surface area contributed by atoms with Crippen LogP contribution < -0.4 is 15.4 Å². The summed E-state index contributed by atoms with van der Waals surface area (Å²) in [6.07, 6.45) is 1.21. The zero-order valence-electron chi connectivity index (χ0n) is 12.6. The summed E-state index contributed by atoms with van der Waals surface area (Å²) in [6.45, 7) is 1.30. The van der Waals surface area contributed by atoms with Crippen LogP contribution in [0.25, 0.3) is 10.8 Å². The summed E-state index contributed by atoms with van der Waals surface area (Å²) >= 11 is 0. The van der Waals surface area contributed by atoms with Crippen molar-refractivity contribution in [1.29, 1.82) is 0 Å². The van der Waals surface area contributed by atoms with Crippen LogP contribution in [0, 0.1) is 0 Å². The van der Waals surface area contributed by atoms with Crippen LogP contribution in [0.15, 0.2) is 36.4 Å². The predicted octanol–water partition coefficient (Wildman–Crippen LogP) is 2.46. The molecule has 21 heavy (non-hydrogen) atoms. The minimum atomic E-state index is 0.0487. The van der Waals surface area contributed by atoms with Gasteiger partial charge in [0.1, 0.15) is 5.75 Å². The number of hydrogen-bond donors (Lipinski definition) is 2.